The van der Waals surface area contributed by atoms with Crippen molar-refractivity contribution >= 4 is 23.2 Å². The molecule has 1 amide bonds. The van der Waals surface area contributed by atoms with Crippen LogP contribution >= 0.6 is 0 Å². The van der Waals surface area contributed by atoms with Crippen LogP contribution in [-0.2, 0) is 0 Å². The predicted octanol–water partition coefficient (Wildman–Crippen LogP) is 6.68. The average Bonchev–Trinajstić information content (AvgIpc) is 2.96. The van der Waals surface area contributed by atoms with E-state index in [1.165, 1.54) is 24.9 Å². The molecular weight excluding hydrogens is 484 g/mol. The fourth-order valence-corrected chi connectivity index (χ4v) is 5.12. The molecule has 2 aromatic carbocycles. The first kappa shape index (κ1) is 26.5. The molecule has 7 heteroatoms. The second kappa shape index (κ2) is 12.2. The smallest absolute Gasteiger partial charge is 0.255 e. The molecule has 39 heavy (non-hydrogen) atoms. The number of carbonyl (C=O) groups is 1. The SMILES string of the molecule is Cc1ccc(NC(=O)c2ccc(C3CCN(CC(C)C)CC3)cc2)cc1Nc1nccc(-c2cccnc2)n1. The minimum Gasteiger partial charge on any atom is -0.324 e. The fraction of sp³-hybridized carbons (Fsp3) is 0.312. The Balaban J connectivity index is 1.22. The van der Waals surface area contributed by atoms with Crippen LogP contribution in [0, 0.1) is 12.8 Å². The molecule has 2 aromatic heterocycles. The summed E-state index contributed by atoms with van der Waals surface area (Å²) in [5, 5.41) is 6.33. The van der Waals surface area contributed by atoms with E-state index in [9.17, 15) is 4.79 Å². The Morgan fingerprint density at radius 1 is 1.03 bits per heavy atom. The van der Waals surface area contributed by atoms with Crippen LogP contribution in [0.1, 0.15) is 54.1 Å². The number of aromatic nitrogens is 3. The Hall–Kier alpha value is -4.10. The number of anilines is 3. The first-order valence-electron chi connectivity index (χ1n) is 13.7. The van der Waals surface area contributed by atoms with E-state index in [4.69, 9.17) is 0 Å². The van der Waals surface area contributed by atoms with Crippen LogP contribution in [0.2, 0.25) is 0 Å². The third-order valence-electron chi connectivity index (χ3n) is 7.21. The Labute approximate surface area is 230 Å². The van der Waals surface area contributed by atoms with Crippen LogP contribution in [0.3, 0.4) is 0 Å². The molecule has 0 atom stereocenters. The van der Waals surface area contributed by atoms with Gasteiger partial charge in [0.05, 0.1) is 5.69 Å². The summed E-state index contributed by atoms with van der Waals surface area (Å²) in [6.07, 6.45) is 7.58. The largest absolute Gasteiger partial charge is 0.324 e. The van der Waals surface area contributed by atoms with E-state index in [1.807, 2.05) is 55.5 Å². The molecule has 0 spiro atoms. The van der Waals surface area contributed by atoms with E-state index in [-0.39, 0.29) is 5.91 Å². The number of hydrogen-bond acceptors (Lipinski definition) is 6. The molecule has 1 saturated heterocycles. The van der Waals surface area contributed by atoms with Gasteiger partial charge in [-0.2, -0.15) is 0 Å². The molecule has 0 radical (unpaired) electrons. The third kappa shape index (κ3) is 6.86. The fourth-order valence-electron chi connectivity index (χ4n) is 5.12. The van der Waals surface area contributed by atoms with Gasteiger partial charge in [0.1, 0.15) is 0 Å². The maximum absolute atomic E-state index is 13.0. The summed E-state index contributed by atoms with van der Waals surface area (Å²) < 4.78 is 0. The van der Waals surface area contributed by atoms with Crippen LogP contribution in [0.15, 0.2) is 79.3 Å². The Bertz CT molecular complexity index is 1400. The number of piperidine rings is 1. The lowest BCUT2D eigenvalue weighted by Crippen LogP contribution is -2.35. The molecule has 2 N–H and O–H groups in total. The molecule has 0 unspecified atom stereocenters. The number of aryl methyl sites for hydroxylation is 1. The number of hydrogen-bond donors (Lipinski definition) is 2. The van der Waals surface area contributed by atoms with Gasteiger partial charge in [0.2, 0.25) is 5.95 Å². The quantitative estimate of drug-likeness (QED) is 0.270. The zero-order chi connectivity index (χ0) is 27.2. The number of pyridine rings is 1. The van der Waals surface area contributed by atoms with Gasteiger partial charge in [-0.25, -0.2) is 9.97 Å². The molecule has 200 valence electrons. The molecule has 5 rings (SSSR count). The van der Waals surface area contributed by atoms with E-state index in [1.54, 1.807) is 18.6 Å². The highest BCUT2D eigenvalue weighted by Crippen LogP contribution is 2.29. The normalized spacial score (nSPS) is 14.4. The first-order chi connectivity index (χ1) is 18.9. The van der Waals surface area contributed by atoms with Crippen LogP contribution < -0.4 is 10.6 Å². The van der Waals surface area contributed by atoms with Gasteiger partial charge >= 0.3 is 0 Å². The zero-order valence-corrected chi connectivity index (χ0v) is 22.9. The molecule has 0 aliphatic carbocycles. The van der Waals surface area contributed by atoms with Crippen molar-refractivity contribution < 1.29 is 4.79 Å². The highest BCUT2D eigenvalue weighted by atomic mass is 16.1. The minimum atomic E-state index is -0.127. The van der Waals surface area contributed by atoms with Crippen LogP contribution in [0.4, 0.5) is 17.3 Å². The van der Waals surface area contributed by atoms with Crippen molar-refractivity contribution in [2.45, 2.75) is 39.5 Å². The van der Waals surface area contributed by atoms with Crippen LogP contribution in [0.25, 0.3) is 11.3 Å². The number of amides is 1. The van der Waals surface area contributed by atoms with E-state index in [0.717, 1.165) is 35.6 Å². The number of rotatable bonds is 8. The van der Waals surface area contributed by atoms with Crippen molar-refractivity contribution in [3.63, 3.8) is 0 Å². The molecule has 4 aromatic rings. The Morgan fingerprint density at radius 2 is 1.82 bits per heavy atom. The summed E-state index contributed by atoms with van der Waals surface area (Å²) in [6.45, 7) is 10.0. The minimum absolute atomic E-state index is 0.127. The monoisotopic (exact) mass is 520 g/mol. The topological polar surface area (TPSA) is 83.0 Å². The standard InChI is InChI=1S/C32H36N6O/c1-22(2)21-38-17-13-25(14-18-38)24-7-9-26(10-8-24)31(39)35-28-11-6-23(3)30(19-28)37-32-34-16-12-29(36-32)27-5-4-15-33-20-27/h4-12,15-16,19-20,22,25H,13-14,17-18,21H2,1-3H3,(H,35,39)(H,34,36,37). The lowest BCUT2D eigenvalue weighted by Gasteiger charge is -2.33. The highest BCUT2D eigenvalue weighted by Gasteiger charge is 2.21. The van der Waals surface area contributed by atoms with Crippen molar-refractivity contribution in [3.05, 3.63) is 95.9 Å². The Morgan fingerprint density at radius 3 is 2.54 bits per heavy atom. The number of carbonyl (C=O) groups excluding carboxylic acids is 1. The number of nitrogens with one attached hydrogen (secondary N) is 2. The summed E-state index contributed by atoms with van der Waals surface area (Å²) in [5.41, 5.74) is 6.24. The molecule has 3 heterocycles. The van der Waals surface area contributed by atoms with E-state index >= 15 is 0 Å². The molecule has 0 bridgehead atoms. The number of nitrogens with zero attached hydrogens (tertiary/aromatic N) is 4. The zero-order valence-electron chi connectivity index (χ0n) is 22.9. The number of benzene rings is 2. The van der Waals surface area contributed by atoms with Gasteiger partial charge < -0.3 is 15.5 Å². The van der Waals surface area contributed by atoms with E-state index < -0.39 is 0 Å². The van der Waals surface area contributed by atoms with Crippen molar-refractivity contribution in [2.75, 3.05) is 30.3 Å². The van der Waals surface area contributed by atoms with Gasteiger partial charge in [-0.05, 0) is 98.3 Å². The third-order valence-corrected chi connectivity index (χ3v) is 7.21. The van der Waals surface area contributed by atoms with Crippen LogP contribution in [-0.4, -0.2) is 45.4 Å². The van der Waals surface area contributed by atoms with Crippen molar-refractivity contribution in [1.82, 2.24) is 19.9 Å². The van der Waals surface area contributed by atoms with Gasteiger partial charge in [-0.15, -0.1) is 0 Å². The second-order valence-corrected chi connectivity index (χ2v) is 10.7. The van der Waals surface area contributed by atoms with Crippen molar-refractivity contribution in [3.8, 4) is 11.3 Å². The summed E-state index contributed by atoms with van der Waals surface area (Å²) in [5.74, 6) is 1.62. The highest BCUT2D eigenvalue weighted by molar-refractivity contribution is 6.04. The van der Waals surface area contributed by atoms with Gasteiger partial charge in [0.15, 0.2) is 0 Å². The molecule has 1 fully saturated rings. The average molecular weight is 521 g/mol. The maximum atomic E-state index is 13.0. The molecular formula is C32H36N6O. The summed E-state index contributed by atoms with van der Waals surface area (Å²) in [6, 6.07) is 19.6. The summed E-state index contributed by atoms with van der Waals surface area (Å²) in [7, 11) is 0. The van der Waals surface area contributed by atoms with E-state index in [0.29, 0.717) is 29.0 Å². The van der Waals surface area contributed by atoms with Gasteiger partial charge in [-0.3, -0.25) is 9.78 Å². The van der Waals surface area contributed by atoms with Crippen molar-refractivity contribution in [1.29, 1.82) is 0 Å². The second-order valence-electron chi connectivity index (χ2n) is 10.7. The first-order valence-corrected chi connectivity index (χ1v) is 13.7. The molecule has 1 aliphatic heterocycles. The molecule has 1 aliphatic rings. The molecule has 0 saturated carbocycles. The molecule has 7 nitrogen and oxygen atoms in total. The summed E-state index contributed by atoms with van der Waals surface area (Å²) >= 11 is 0. The van der Waals surface area contributed by atoms with Gasteiger partial charge in [0, 0.05) is 47.6 Å². The van der Waals surface area contributed by atoms with Gasteiger partial charge in [0.25, 0.3) is 5.91 Å². The predicted molar refractivity (Wildman–Crippen MR) is 157 cm³/mol. The lowest BCUT2D eigenvalue weighted by atomic mass is 9.88. The van der Waals surface area contributed by atoms with Crippen molar-refractivity contribution in [2.24, 2.45) is 5.92 Å². The lowest BCUT2D eigenvalue weighted by molar-refractivity contribution is 0.102. The number of likely N-dealkylation sites (tertiary alicyclic amines) is 1. The van der Waals surface area contributed by atoms with Crippen LogP contribution in [0.5, 0.6) is 0 Å². The summed E-state index contributed by atoms with van der Waals surface area (Å²) in [4.78, 5) is 28.8. The van der Waals surface area contributed by atoms with Gasteiger partial charge in [-0.1, -0.05) is 32.0 Å². The maximum Gasteiger partial charge on any atom is 0.255 e. The Kier molecular flexibility index (Phi) is 8.27. The van der Waals surface area contributed by atoms with E-state index in [2.05, 4.69) is 56.5 Å².